The zero-order valence-corrected chi connectivity index (χ0v) is 6.98. The average molecular weight is 166 g/mol. The van der Waals surface area contributed by atoms with Gasteiger partial charge in [-0.1, -0.05) is 6.08 Å². The molecule has 4 heteroatoms. The molecule has 1 N–H and O–H groups in total. The van der Waals surface area contributed by atoms with E-state index in [-0.39, 0.29) is 5.69 Å². The first-order chi connectivity index (χ1) is 5.65. The van der Waals surface area contributed by atoms with E-state index < -0.39 is 5.97 Å². The van der Waals surface area contributed by atoms with Gasteiger partial charge in [-0.15, -0.1) is 0 Å². The molecule has 1 aromatic heterocycles. The van der Waals surface area contributed by atoms with Crippen LogP contribution in [0.3, 0.4) is 0 Å². The fourth-order valence-electron chi connectivity index (χ4n) is 0.901. The van der Waals surface area contributed by atoms with E-state index in [0.717, 1.165) is 0 Å². The Balaban J connectivity index is 3.08. The van der Waals surface area contributed by atoms with Crippen LogP contribution in [0.15, 0.2) is 12.3 Å². The van der Waals surface area contributed by atoms with Gasteiger partial charge in [0.05, 0.1) is 0 Å². The van der Waals surface area contributed by atoms with Crippen molar-refractivity contribution in [3.8, 4) is 0 Å². The van der Waals surface area contributed by atoms with E-state index in [1.807, 2.05) is 13.0 Å². The first kappa shape index (κ1) is 8.52. The summed E-state index contributed by atoms with van der Waals surface area (Å²) in [5.41, 5.74) is 0.0746. The smallest absolute Gasteiger partial charge is 0.356 e. The highest BCUT2D eigenvalue weighted by Gasteiger charge is 2.07. The minimum atomic E-state index is -0.999. The molecular formula is C8H10N2O2. The summed E-state index contributed by atoms with van der Waals surface area (Å²) in [6.45, 7) is 3.62. The van der Waals surface area contributed by atoms with Crippen molar-refractivity contribution in [2.45, 2.75) is 13.8 Å². The number of rotatable bonds is 2. The van der Waals surface area contributed by atoms with Gasteiger partial charge >= 0.3 is 5.97 Å². The summed E-state index contributed by atoms with van der Waals surface area (Å²) >= 11 is 0. The van der Waals surface area contributed by atoms with Gasteiger partial charge in [-0.2, -0.15) is 0 Å². The second kappa shape index (κ2) is 3.21. The van der Waals surface area contributed by atoms with Gasteiger partial charge in [0.1, 0.15) is 5.82 Å². The number of carbonyl (C=O) groups is 1. The van der Waals surface area contributed by atoms with Gasteiger partial charge < -0.3 is 9.67 Å². The maximum atomic E-state index is 10.5. The third-order valence-electron chi connectivity index (χ3n) is 1.45. The van der Waals surface area contributed by atoms with Crippen LogP contribution < -0.4 is 0 Å². The molecule has 0 aliphatic heterocycles. The molecule has 0 atom stereocenters. The van der Waals surface area contributed by atoms with Crippen molar-refractivity contribution in [2.24, 2.45) is 0 Å². The summed E-state index contributed by atoms with van der Waals surface area (Å²) in [5, 5.41) is 8.59. The van der Waals surface area contributed by atoms with Crippen LogP contribution in [-0.2, 0) is 0 Å². The van der Waals surface area contributed by atoms with E-state index >= 15 is 0 Å². The van der Waals surface area contributed by atoms with Crippen LogP contribution >= 0.6 is 0 Å². The Kier molecular flexibility index (Phi) is 2.28. The topological polar surface area (TPSA) is 55.1 Å². The SMILES string of the molecule is C/C=C\n1cc(C(=O)O)nc1C. The number of imidazole rings is 1. The van der Waals surface area contributed by atoms with Crippen molar-refractivity contribution < 1.29 is 9.90 Å². The van der Waals surface area contributed by atoms with Gasteiger partial charge in [-0.05, 0) is 13.8 Å². The predicted molar refractivity (Wildman–Crippen MR) is 44.9 cm³/mol. The van der Waals surface area contributed by atoms with Crippen molar-refractivity contribution in [3.05, 3.63) is 23.8 Å². The lowest BCUT2D eigenvalue weighted by molar-refractivity contribution is 0.0691. The van der Waals surface area contributed by atoms with Gasteiger partial charge in [0.25, 0.3) is 0 Å². The van der Waals surface area contributed by atoms with Crippen LogP contribution in [-0.4, -0.2) is 20.6 Å². The quantitative estimate of drug-likeness (QED) is 0.722. The third kappa shape index (κ3) is 1.53. The number of carboxylic acids is 1. The second-order valence-electron chi connectivity index (χ2n) is 2.37. The number of aryl methyl sites for hydroxylation is 1. The number of hydrogen-bond acceptors (Lipinski definition) is 2. The van der Waals surface area contributed by atoms with Crippen LogP contribution in [0.4, 0.5) is 0 Å². The Morgan fingerprint density at radius 3 is 2.83 bits per heavy atom. The van der Waals surface area contributed by atoms with Crippen LogP contribution in [0.25, 0.3) is 6.20 Å². The monoisotopic (exact) mass is 166 g/mol. The van der Waals surface area contributed by atoms with Crippen molar-refractivity contribution in [3.63, 3.8) is 0 Å². The summed E-state index contributed by atoms with van der Waals surface area (Å²) in [6, 6.07) is 0. The minimum absolute atomic E-state index is 0.0746. The highest BCUT2D eigenvalue weighted by atomic mass is 16.4. The first-order valence-electron chi connectivity index (χ1n) is 3.56. The Morgan fingerprint density at radius 1 is 1.75 bits per heavy atom. The molecule has 0 bridgehead atoms. The van der Waals surface area contributed by atoms with Gasteiger partial charge in [-0.25, -0.2) is 9.78 Å². The highest BCUT2D eigenvalue weighted by molar-refractivity contribution is 5.85. The maximum absolute atomic E-state index is 10.5. The number of aromatic nitrogens is 2. The molecule has 1 aromatic rings. The molecule has 0 saturated heterocycles. The Morgan fingerprint density at radius 2 is 2.42 bits per heavy atom. The number of hydrogen-bond donors (Lipinski definition) is 1. The maximum Gasteiger partial charge on any atom is 0.356 e. The standard InChI is InChI=1S/C8H10N2O2/c1-3-4-10-5-7(8(11)12)9-6(10)2/h3-5H,1-2H3,(H,11,12)/b4-3-. The van der Waals surface area contributed by atoms with Gasteiger partial charge in [-0.3, -0.25) is 0 Å². The molecular weight excluding hydrogens is 156 g/mol. The van der Waals surface area contributed by atoms with Gasteiger partial charge in [0, 0.05) is 12.4 Å². The number of nitrogens with zero attached hydrogens (tertiary/aromatic N) is 2. The van der Waals surface area contributed by atoms with E-state index in [0.29, 0.717) is 5.82 Å². The van der Waals surface area contributed by atoms with Gasteiger partial charge in [0.15, 0.2) is 5.69 Å². The van der Waals surface area contributed by atoms with Crippen molar-refractivity contribution >= 4 is 12.2 Å². The van der Waals surface area contributed by atoms with E-state index in [4.69, 9.17) is 5.11 Å². The van der Waals surface area contributed by atoms with Crippen LogP contribution in [0, 0.1) is 6.92 Å². The molecule has 1 heterocycles. The molecule has 0 saturated carbocycles. The molecule has 0 unspecified atom stereocenters. The fraction of sp³-hybridized carbons (Fsp3) is 0.250. The third-order valence-corrected chi connectivity index (χ3v) is 1.45. The number of allylic oxidation sites excluding steroid dienone is 1. The Hall–Kier alpha value is -1.58. The summed E-state index contributed by atoms with van der Waals surface area (Å²) in [4.78, 5) is 14.3. The summed E-state index contributed by atoms with van der Waals surface area (Å²) in [7, 11) is 0. The molecule has 0 spiro atoms. The lowest BCUT2D eigenvalue weighted by Gasteiger charge is -1.91. The molecule has 4 nitrogen and oxygen atoms in total. The van der Waals surface area contributed by atoms with Crippen LogP contribution in [0.1, 0.15) is 23.2 Å². The molecule has 1 rings (SSSR count). The second-order valence-corrected chi connectivity index (χ2v) is 2.37. The van der Waals surface area contributed by atoms with Crippen molar-refractivity contribution in [1.82, 2.24) is 9.55 Å². The summed E-state index contributed by atoms with van der Waals surface area (Å²) < 4.78 is 1.67. The first-order valence-corrected chi connectivity index (χ1v) is 3.56. The van der Waals surface area contributed by atoms with E-state index in [2.05, 4.69) is 4.98 Å². The van der Waals surface area contributed by atoms with Crippen LogP contribution in [0.2, 0.25) is 0 Å². The lowest BCUT2D eigenvalue weighted by atomic mass is 10.5. The minimum Gasteiger partial charge on any atom is -0.476 e. The zero-order valence-electron chi connectivity index (χ0n) is 6.98. The largest absolute Gasteiger partial charge is 0.476 e. The Bertz CT molecular complexity index is 326. The summed E-state index contributed by atoms with van der Waals surface area (Å²) in [6.07, 6.45) is 5.06. The number of aromatic carboxylic acids is 1. The van der Waals surface area contributed by atoms with Crippen molar-refractivity contribution in [2.75, 3.05) is 0 Å². The summed E-state index contributed by atoms with van der Waals surface area (Å²) in [5.74, 6) is -0.327. The number of carboxylic acid groups (broad SMARTS) is 1. The fourth-order valence-corrected chi connectivity index (χ4v) is 0.901. The Labute approximate surface area is 70.2 Å². The molecule has 0 aliphatic carbocycles. The zero-order chi connectivity index (χ0) is 9.14. The van der Waals surface area contributed by atoms with E-state index in [1.165, 1.54) is 6.20 Å². The molecule has 0 fully saturated rings. The van der Waals surface area contributed by atoms with Crippen molar-refractivity contribution in [1.29, 1.82) is 0 Å². The molecule has 0 aromatic carbocycles. The predicted octanol–water partition coefficient (Wildman–Crippen LogP) is 1.38. The molecule has 12 heavy (non-hydrogen) atoms. The molecule has 0 aliphatic rings. The lowest BCUT2D eigenvalue weighted by Crippen LogP contribution is -1.95. The molecule has 64 valence electrons. The average Bonchev–Trinajstić information content (AvgIpc) is 2.34. The highest BCUT2D eigenvalue weighted by Crippen LogP contribution is 2.02. The van der Waals surface area contributed by atoms with E-state index in [9.17, 15) is 4.79 Å². The van der Waals surface area contributed by atoms with Gasteiger partial charge in [0.2, 0.25) is 0 Å². The normalized spacial score (nSPS) is 10.8. The van der Waals surface area contributed by atoms with E-state index in [1.54, 1.807) is 17.7 Å². The molecule has 0 radical (unpaired) electrons. The molecule has 0 amide bonds. The van der Waals surface area contributed by atoms with Crippen LogP contribution in [0.5, 0.6) is 0 Å².